The summed E-state index contributed by atoms with van der Waals surface area (Å²) < 4.78 is 11.4. The number of carbonyl (C=O) groups is 1. The molecule has 0 radical (unpaired) electrons. The van der Waals surface area contributed by atoms with E-state index in [2.05, 4.69) is 0 Å². The van der Waals surface area contributed by atoms with E-state index in [1.165, 1.54) is 12.8 Å². The van der Waals surface area contributed by atoms with Gasteiger partial charge in [0.25, 0.3) is 5.91 Å². The monoisotopic (exact) mass is 355 g/mol. The number of hydrogen-bond donors (Lipinski definition) is 0. The van der Waals surface area contributed by atoms with Crippen LogP contribution in [0.1, 0.15) is 42.4 Å². The Hall–Kier alpha value is -2.30. The molecule has 1 amide bonds. The van der Waals surface area contributed by atoms with Crippen molar-refractivity contribution in [2.75, 3.05) is 13.2 Å². The van der Waals surface area contributed by atoms with Crippen LogP contribution in [0.5, 0.6) is 5.75 Å². The molecule has 2 fully saturated rings. The van der Waals surface area contributed by atoms with E-state index >= 15 is 0 Å². The van der Waals surface area contributed by atoms with Crippen molar-refractivity contribution in [3.8, 4) is 5.75 Å². The smallest absolute Gasteiger partial charge is 0.339 e. The van der Waals surface area contributed by atoms with Gasteiger partial charge in [0, 0.05) is 18.2 Å². The Morgan fingerprint density at radius 3 is 2.81 bits per heavy atom. The van der Waals surface area contributed by atoms with Gasteiger partial charge in [0.2, 0.25) is 0 Å². The van der Waals surface area contributed by atoms with Crippen LogP contribution in [-0.2, 0) is 4.79 Å². The molecule has 0 N–H and O–H groups in total. The highest BCUT2D eigenvalue weighted by atomic mass is 16.5. The van der Waals surface area contributed by atoms with Crippen molar-refractivity contribution in [3.63, 3.8) is 0 Å². The molecule has 1 saturated carbocycles. The van der Waals surface area contributed by atoms with Crippen LogP contribution in [0.4, 0.5) is 0 Å². The lowest BCUT2D eigenvalue weighted by Gasteiger charge is -2.24. The van der Waals surface area contributed by atoms with Crippen LogP contribution in [0, 0.1) is 26.7 Å². The summed E-state index contributed by atoms with van der Waals surface area (Å²) in [6.07, 6.45) is 4.71. The molecule has 1 saturated heterocycles. The molecule has 1 aliphatic carbocycles. The van der Waals surface area contributed by atoms with Crippen molar-refractivity contribution in [1.29, 1.82) is 0 Å². The Kier molecular flexibility index (Phi) is 4.25. The maximum Gasteiger partial charge on any atom is 0.339 e. The van der Waals surface area contributed by atoms with Crippen LogP contribution >= 0.6 is 0 Å². The molecule has 1 aliphatic heterocycles. The van der Waals surface area contributed by atoms with Gasteiger partial charge in [-0.3, -0.25) is 4.79 Å². The Labute approximate surface area is 152 Å². The Bertz CT molecular complexity index is 930. The number of carbonyl (C=O) groups excluding carboxylic acids is 1. The van der Waals surface area contributed by atoms with Crippen molar-refractivity contribution in [3.05, 3.63) is 39.2 Å². The van der Waals surface area contributed by atoms with Crippen LogP contribution < -0.4 is 10.4 Å². The van der Waals surface area contributed by atoms with Gasteiger partial charge in [-0.25, -0.2) is 4.79 Å². The van der Waals surface area contributed by atoms with Gasteiger partial charge in [-0.15, -0.1) is 0 Å². The van der Waals surface area contributed by atoms with Gasteiger partial charge in [0.05, 0.1) is 5.39 Å². The number of benzene rings is 1. The number of aryl methyl sites for hydroxylation is 2. The van der Waals surface area contributed by atoms with Crippen molar-refractivity contribution in [1.82, 2.24) is 4.90 Å². The fourth-order valence-electron chi connectivity index (χ4n) is 4.47. The predicted molar refractivity (Wildman–Crippen MR) is 99.6 cm³/mol. The molecule has 4 rings (SSSR count). The summed E-state index contributed by atoms with van der Waals surface area (Å²) >= 11 is 0. The number of nitrogens with zero attached hydrogens (tertiary/aromatic N) is 1. The quantitative estimate of drug-likeness (QED) is 0.791. The van der Waals surface area contributed by atoms with Gasteiger partial charge in [0.15, 0.2) is 6.61 Å². The zero-order valence-electron chi connectivity index (χ0n) is 15.6. The number of likely N-dealkylation sites (tertiary alicyclic amines) is 1. The molecule has 2 bridgehead atoms. The fourth-order valence-corrected chi connectivity index (χ4v) is 4.47. The summed E-state index contributed by atoms with van der Waals surface area (Å²) in [4.78, 5) is 26.7. The molecule has 2 aliphatic rings. The summed E-state index contributed by atoms with van der Waals surface area (Å²) in [5.41, 5.74) is 2.54. The minimum absolute atomic E-state index is 0.0272. The first-order chi connectivity index (χ1) is 12.4. The summed E-state index contributed by atoms with van der Waals surface area (Å²) in [5, 5.41) is 0.778. The second-order valence-corrected chi connectivity index (χ2v) is 7.80. The van der Waals surface area contributed by atoms with Crippen molar-refractivity contribution >= 4 is 16.9 Å². The Balaban J connectivity index is 1.60. The lowest BCUT2D eigenvalue weighted by molar-refractivity contribution is -0.134. The van der Waals surface area contributed by atoms with Crippen LogP contribution in [0.25, 0.3) is 11.0 Å². The maximum atomic E-state index is 12.7. The summed E-state index contributed by atoms with van der Waals surface area (Å²) in [6, 6.07) is 4.13. The molecule has 5 heteroatoms. The van der Waals surface area contributed by atoms with Gasteiger partial charge < -0.3 is 14.1 Å². The first kappa shape index (κ1) is 17.1. The number of ether oxygens (including phenoxy) is 1. The molecule has 138 valence electrons. The molecular formula is C21H25NO4. The van der Waals surface area contributed by atoms with Crippen molar-refractivity contribution in [2.24, 2.45) is 5.92 Å². The van der Waals surface area contributed by atoms with E-state index in [0.717, 1.165) is 35.9 Å². The third-order valence-electron chi connectivity index (χ3n) is 5.98. The minimum Gasteiger partial charge on any atom is -0.483 e. The largest absolute Gasteiger partial charge is 0.483 e. The van der Waals surface area contributed by atoms with Crippen molar-refractivity contribution < 1.29 is 13.9 Å². The zero-order valence-corrected chi connectivity index (χ0v) is 15.6. The second kappa shape index (κ2) is 6.45. The van der Waals surface area contributed by atoms with E-state index < -0.39 is 0 Å². The van der Waals surface area contributed by atoms with E-state index in [0.29, 0.717) is 28.9 Å². The SMILES string of the molecule is Cc1cc(OCC(=O)N2C[C@@H]3CCC[C@H]2C3)c2c(C)c(C)c(=O)oc2c1. The predicted octanol–water partition coefficient (Wildman–Crippen LogP) is 3.50. The van der Waals surface area contributed by atoms with Gasteiger partial charge in [-0.1, -0.05) is 6.42 Å². The van der Waals surface area contributed by atoms with Crippen LogP contribution in [0.15, 0.2) is 21.3 Å². The normalized spacial score (nSPS) is 22.0. The highest BCUT2D eigenvalue weighted by Crippen LogP contribution is 2.36. The lowest BCUT2D eigenvalue weighted by atomic mass is 9.90. The first-order valence-electron chi connectivity index (χ1n) is 9.41. The summed E-state index contributed by atoms with van der Waals surface area (Å²) in [7, 11) is 0. The highest BCUT2D eigenvalue weighted by Gasteiger charge is 2.37. The van der Waals surface area contributed by atoms with Crippen LogP contribution in [0.3, 0.4) is 0 Å². The standard InChI is InChI=1S/C21H25NO4/c1-12-7-17(20-13(2)14(3)21(24)26-18(20)8-12)25-11-19(23)22-10-15-5-4-6-16(22)9-15/h7-8,15-16H,4-6,9-11H2,1-3H3/t15-,16+/m1/s1. The van der Waals surface area contributed by atoms with E-state index in [9.17, 15) is 9.59 Å². The van der Waals surface area contributed by atoms with Gasteiger partial charge in [-0.05, 0) is 69.2 Å². The molecule has 2 atom stereocenters. The minimum atomic E-state index is -0.327. The third kappa shape index (κ3) is 2.89. The number of amides is 1. The van der Waals surface area contributed by atoms with Crippen LogP contribution in [0.2, 0.25) is 0 Å². The van der Waals surface area contributed by atoms with E-state index in [-0.39, 0.29) is 18.1 Å². The Morgan fingerprint density at radius 2 is 2.04 bits per heavy atom. The number of hydrogen-bond acceptors (Lipinski definition) is 4. The van der Waals surface area contributed by atoms with Crippen LogP contribution in [-0.4, -0.2) is 30.0 Å². The summed E-state index contributed by atoms with van der Waals surface area (Å²) in [5.74, 6) is 1.33. The van der Waals surface area contributed by atoms with E-state index in [1.807, 2.05) is 30.9 Å². The first-order valence-corrected chi connectivity index (χ1v) is 9.41. The number of fused-ring (bicyclic) bond motifs is 3. The zero-order chi connectivity index (χ0) is 18.4. The molecule has 2 heterocycles. The Morgan fingerprint density at radius 1 is 1.23 bits per heavy atom. The van der Waals surface area contributed by atoms with E-state index in [4.69, 9.17) is 9.15 Å². The molecule has 1 aromatic heterocycles. The van der Waals surface area contributed by atoms with Gasteiger partial charge in [-0.2, -0.15) is 0 Å². The second-order valence-electron chi connectivity index (χ2n) is 7.80. The topological polar surface area (TPSA) is 59.8 Å². The molecule has 26 heavy (non-hydrogen) atoms. The molecule has 1 aromatic carbocycles. The molecular weight excluding hydrogens is 330 g/mol. The van der Waals surface area contributed by atoms with Gasteiger partial charge >= 0.3 is 5.63 Å². The van der Waals surface area contributed by atoms with Gasteiger partial charge in [0.1, 0.15) is 11.3 Å². The number of rotatable bonds is 3. The average Bonchev–Trinajstić information content (AvgIpc) is 2.90. The molecule has 2 aromatic rings. The molecule has 0 spiro atoms. The highest BCUT2D eigenvalue weighted by molar-refractivity contribution is 5.88. The average molecular weight is 355 g/mol. The fraction of sp³-hybridized carbons (Fsp3) is 0.524. The molecule has 0 unspecified atom stereocenters. The third-order valence-corrected chi connectivity index (χ3v) is 5.98. The van der Waals surface area contributed by atoms with Crippen molar-refractivity contribution in [2.45, 2.75) is 52.5 Å². The lowest BCUT2D eigenvalue weighted by Crippen LogP contribution is -2.38. The van der Waals surface area contributed by atoms with E-state index in [1.54, 1.807) is 6.92 Å². The summed E-state index contributed by atoms with van der Waals surface area (Å²) in [6.45, 7) is 6.46. The maximum absolute atomic E-state index is 12.7. The molecule has 5 nitrogen and oxygen atoms in total.